The number of aliphatic hydroxyl groups excluding tert-OH is 1. The summed E-state index contributed by atoms with van der Waals surface area (Å²) in [5.74, 6) is -0.280. The van der Waals surface area contributed by atoms with Crippen molar-refractivity contribution in [3.8, 4) is 0 Å². The molecule has 2 aromatic rings. The van der Waals surface area contributed by atoms with Crippen LogP contribution < -0.4 is 23.0 Å². The van der Waals surface area contributed by atoms with Crippen LogP contribution in [0.4, 0.5) is 5.69 Å². The molecule has 2 rings (SSSR count). The minimum Gasteiger partial charge on any atom is -1.00 e. The molecular weight excluding hydrogens is 388 g/mol. The topological polar surface area (TPSA) is 83.0 Å². The number of rotatable bonds is 9. The van der Waals surface area contributed by atoms with Gasteiger partial charge in [0, 0.05) is 11.6 Å². The Morgan fingerprint density at radius 3 is 2.34 bits per heavy atom. The smallest absolute Gasteiger partial charge is 0.248 e. The van der Waals surface area contributed by atoms with E-state index < -0.39 is 6.10 Å². The van der Waals surface area contributed by atoms with Crippen molar-refractivity contribution in [3.63, 3.8) is 0 Å². The normalized spacial score (nSPS) is 12.3. The first-order valence-electron chi connectivity index (χ1n) is 9.53. The number of amides is 1. The van der Waals surface area contributed by atoms with Crippen molar-refractivity contribution < 1.29 is 32.4 Å². The lowest BCUT2D eigenvalue weighted by Crippen LogP contribution is -3.00. The molecule has 2 atom stereocenters. The molecular formula is C23H29ClN2O3. The number of ketones is 1. The van der Waals surface area contributed by atoms with E-state index in [2.05, 4.69) is 5.32 Å². The quantitative estimate of drug-likeness (QED) is 0.393. The number of Topliss-reactive ketones (excluding diaryl/α,β-unsaturated/α-hetero) is 1. The number of anilines is 1. The molecule has 0 spiro atoms. The fraction of sp³-hybridized carbons (Fsp3) is 0.304. The number of carbonyl (C=O) groups excluding carboxylic acids is 2. The average molecular weight is 417 g/mol. The fourth-order valence-corrected chi connectivity index (χ4v) is 2.96. The second-order valence-electron chi connectivity index (χ2n) is 7.17. The van der Waals surface area contributed by atoms with Crippen molar-refractivity contribution in [3.05, 3.63) is 77.4 Å². The van der Waals surface area contributed by atoms with Crippen molar-refractivity contribution >= 4 is 17.4 Å². The van der Waals surface area contributed by atoms with E-state index in [9.17, 15) is 14.7 Å². The number of aliphatic hydroxyl groups is 1. The van der Waals surface area contributed by atoms with E-state index in [0.29, 0.717) is 24.2 Å². The first kappa shape index (κ1) is 24.6. The summed E-state index contributed by atoms with van der Waals surface area (Å²) in [6, 6.07) is 16.5. The number of carbonyl (C=O) groups is 2. The predicted octanol–water partition coefficient (Wildman–Crippen LogP) is -0.146. The Bertz CT molecular complexity index is 833. The van der Waals surface area contributed by atoms with Crippen LogP contribution >= 0.6 is 0 Å². The van der Waals surface area contributed by atoms with Gasteiger partial charge >= 0.3 is 0 Å². The Labute approximate surface area is 178 Å². The zero-order valence-corrected chi connectivity index (χ0v) is 17.8. The van der Waals surface area contributed by atoms with Gasteiger partial charge in [-0.15, -0.1) is 0 Å². The van der Waals surface area contributed by atoms with Crippen molar-refractivity contribution in [1.82, 2.24) is 0 Å². The second kappa shape index (κ2) is 12.2. The zero-order valence-electron chi connectivity index (χ0n) is 17.1. The summed E-state index contributed by atoms with van der Waals surface area (Å²) in [7, 11) is 0. The van der Waals surface area contributed by atoms with E-state index >= 15 is 0 Å². The van der Waals surface area contributed by atoms with Gasteiger partial charge in [-0.05, 0) is 38.5 Å². The van der Waals surface area contributed by atoms with Gasteiger partial charge in [0.1, 0.15) is 12.1 Å². The molecule has 0 bridgehead atoms. The molecule has 0 radical (unpaired) electrons. The molecule has 0 aliphatic rings. The third-order valence-corrected chi connectivity index (χ3v) is 4.45. The molecule has 0 saturated heterocycles. The largest absolute Gasteiger partial charge is 1.00 e. The van der Waals surface area contributed by atoms with Crippen LogP contribution in [0.15, 0.2) is 66.2 Å². The molecule has 0 heterocycles. The van der Waals surface area contributed by atoms with Gasteiger partial charge in [-0.25, -0.2) is 0 Å². The van der Waals surface area contributed by atoms with E-state index in [4.69, 9.17) is 0 Å². The van der Waals surface area contributed by atoms with E-state index in [1.54, 1.807) is 24.3 Å². The monoisotopic (exact) mass is 416 g/mol. The molecule has 4 N–H and O–H groups in total. The van der Waals surface area contributed by atoms with Crippen LogP contribution in [0.1, 0.15) is 49.2 Å². The number of hydrogen-bond donors (Lipinski definition) is 3. The fourth-order valence-electron chi connectivity index (χ4n) is 2.96. The Morgan fingerprint density at radius 2 is 1.69 bits per heavy atom. The van der Waals surface area contributed by atoms with Crippen LogP contribution in [0.2, 0.25) is 0 Å². The highest BCUT2D eigenvalue weighted by Gasteiger charge is 2.20. The number of nitrogens with one attached hydrogen (secondary N) is 1. The van der Waals surface area contributed by atoms with Crippen LogP contribution in [0, 0.1) is 0 Å². The van der Waals surface area contributed by atoms with Crippen molar-refractivity contribution in [2.45, 2.75) is 39.3 Å². The van der Waals surface area contributed by atoms with Crippen molar-refractivity contribution in [2.75, 3.05) is 11.9 Å². The Hall–Kier alpha value is -2.47. The van der Waals surface area contributed by atoms with E-state index in [1.165, 1.54) is 6.08 Å². The molecule has 0 aliphatic heterocycles. The van der Waals surface area contributed by atoms with Gasteiger partial charge in [0.25, 0.3) is 0 Å². The molecule has 0 fully saturated rings. The number of para-hydroxylation sites is 1. The number of nitrogens with two attached hydrogens (primary N) is 1. The molecule has 6 heteroatoms. The summed E-state index contributed by atoms with van der Waals surface area (Å²) < 4.78 is 0. The summed E-state index contributed by atoms with van der Waals surface area (Å²) in [5, 5.41) is 15.2. The summed E-state index contributed by atoms with van der Waals surface area (Å²) in [6.45, 7) is 6.19. The lowest BCUT2D eigenvalue weighted by molar-refractivity contribution is -0.693. The molecule has 156 valence electrons. The maximum atomic E-state index is 12.6. The van der Waals surface area contributed by atoms with Crippen LogP contribution in [-0.4, -0.2) is 29.4 Å². The lowest BCUT2D eigenvalue weighted by atomic mass is 10.0. The molecule has 5 nitrogen and oxygen atoms in total. The summed E-state index contributed by atoms with van der Waals surface area (Å²) in [4.78, 5) is 24.6. The zero-order chi connectivity index (χ0) is 20.5. The maximum Gasteiger partial charge on any atom is 0.248 e. The van der Waals surface area contributed by atoms with Crippen molar-refractivity contribution in [2.24, 2.45) is 0 Å². The molecule has 1 amide bonds. The Kier molecular flexibility index (Phi) is 10.3. The summed E-state index contributed by atoms with van der Waals surface area (Å²) >= 11 is 0. The number of benzene rings is 2. The first-order chi connectivity index (χ1) is 13.4. The third-order valence-electron chi connectivity index (χ3n) is 4.45. The van der Waals surface area contributed by atoms with Crippen molar-refractivity contribution in [1.29, 1.82) is 0 Å². The van der Waals surface area contributed by atoms with Gasteiger partial charge in [-0.1, -0.05) is 48.0 Å². The first-order valence-corrected chi connectivity index (χ1v) is 9.53. The molecule has 0 aliphatic carbocycles. The highest BCUT2D eigenvalue weighted by atomic mass is 35.5. The molecule has 0 saturated carbocycles. The number of allylic oxidation sites excluding steroid dienone is 1. The number of quaternary nitrogens is 1. The Balaban J connectivity index is 0.00000420. The highest BCUT2D eigenvalue weighted by Crippen LogP contribution is 2.17. The Morgan fingerprint density at radius 1 is 1.07 bits per heavy atom. The van der Waals surface area contributed by atoms with Gasteiger partial charge in [0.15, 0.2) is 5.78 Å². The number of hydrogen-bond acceptors (Lipinski definition) is 3. The van der Waals surface area contributed by atoms with E-state index in [0.717, 1.165) is 11.1 Å². The lowest BCUT2D eigenvalue weighted by Gasteiger charge is -2.17. The predicted molar refractivity (Wildman–Crippen MR) is 111 cm³/mol. The van der Waals surface area contributed by atoms with Gasteiger partial charge < -0.3 is 28.1 Å². The minimum absolute atomic E-state index is 0. The van der Waals surface area contributed by atoms with Gasteiger partial charge in [-0.2, -0.15) is 0 Å². The standard InChI is InChI=1S/C23H28N2O3.ClH/c1-16(2)15-22(27)25-20-12-8-7-11-19(20)21(26)13-14-24-17(3)23(28)18-9-5-4-6-10-18;/h4-12,15,17,23-24,28H,13-14H2,1-3H3,(H,25,27);1H. The molecule has 0 aromatic heterocycles. The van der Waals surface area contributed by atoms with E-state index in [1.807, 2.05) is 56.4 Å². The second-order valence-corrected chi connectivity index (χ2v) is 7.17. The van der Waals surface area contributed by atoms with Crippen LogP contribution in [0.25, 0.3) is 0 Å². The van der Waals surface area contributed by atoms with Gasteiger partial charge in [-0.3, -0.25) is 9.59 Å². The summed E-state index contributed by atoms with van der Waals surface area (Å²) in [6.07, 6.45) is 1.23. The van der Waals surface area contributed by atoms with Crippen LogP contribution in [0.5, 0.6) is 0 Å². The van der Waals surface area contributed by atoms with Crippen LogP contribution in [-0.2, 0) is 4.79 Å². The molecule has 2 unspecified atom stereocenters. The van der Waals surface area contributed by atoms with Crippen LogP contribution in [0.3, 0.4) is 0 Å². The third kappa shape index (κ3) is 7.81. The van der Waals surface area contributed by atoms with Gasteiger partial charge in [0.2, 0.25) is 5.91 Å². The summed E-state index contributed by atoms with van der Waals surface area (Å²) in [5.41, 5.74) is 2.78. The molecule has 29 heavy (non-hydrogen) atoms. The maximum absolute atomic E-state index is 12.6. The van der Waals surface area contributed by atoms with E-state index in [-0.39, 0.29) is 30.1 Å². The van der Waals surface area contributed by atoms with Gasteiger partial charge in [0.05, 0.1) is 18.7 Å². The number of halogens is 1. The molecule has 2 aromatic carbocycles. The SMILES string of the molecule is CC(C)=CC(=O)Nc1ccccc1C(=O)CC[NH2+]C(C)C(O)c1ccccc1.[Cl-]. The minimum atomic E-state index is -0.591. The average Bonchev–Trinajstić information content (AvgIpc) is 2.67. The highest BCUT2D eigenvalue weighted by molar-refractivity contribution is 6.07.